The van der Waals surface area contributed by atoms with Crippen molar-refractivity contribution in [2.45, 2.75) is 6.92 Å². The van der Waals surface area contributed by atoms with Gasteiger partial charge in [-0.3, -0.25) is 13.9 Å². The molecule has 2 heterocycles. The van der Waals surface area contributed by atoms with Crippen LogP contribution in [0.5, 0.6) is 5.88 Å². The predicted octanol–water partition coefficient (Wildman–Crippen LogP) is 2.45. The normalized spacial score (nSPS) is 11.1. The predicted molar refractivity (Wildman–Crippen MR) is 112 cm³/mol. The zero-order valence-electron chi connectivity index (χ0n) is 16.1. The molecule has 2 aromatic heterocycles. The Bertz CT molecular complexity index is 1210. The largest absolute Gasteiger partial charge is 0.494 e. The lowest BCUT2D eigenvalue weighted by molar-refractivity contribution is 0.0528. The third-order valence-electron chi connectivity index (χ3n) is 4.24. The molecule has 150 valence electrons. The summed E-state index contributed by atoms with van der Waals surface area (Å²) in [6.45, 7) is 1.91. The SMILES string of the molecule is CCOC(=O)c1cc(-c2ccccc2)sc1/N=C/c1c(O)n(C)c(=O)n(C)c1=O. The number of hydrogen-bond donors (Lipinski definition) is 1. The van der Waals surface area contributed by atoms with Crippen LogP contribution in [0.2, 0.25) is 0 Å². The molecule has 0 spiro atoms. The Morgan fingerprint density at radius 1 is 1.21 bits per heavy atom. The number of aliphatic imine (C=N–C) groups is 1. The lowest BCUT2D eigenvalue weighted by Crippen LogP contribution is -2.38. The minimum Gasteiger partial charge on any atom is -0.494 e. The van der Waals surface area contributed by atoms with E-state index in [1.54, 1.807) is 13.0 Å². The minimum absolute atomic E-state index is 0.154. The van der Waals surface area contributed by atoms with Gasteiger partial charge >= 0.3 is 11.7 Å². The van der Waals surface area contributed by atoms with Crippen molar-refractivity contribution < 1.29 is 14.6 Å². The van der Waals surface area contributed by atoms with Crippen molar-refractivity contribution in [3.63, 3.8) is 0 Å². The standard InChI is InChI=1S/C20H19N3O5S/c1-4-28-19(26)13-10-15(12-8-6-5-7-9-12)29-16(13)21-11-14-17(24)22(2)20(27)23(3)18(14)25/h5-11,24H,4H2,1-3H3/b21-11+. The van der Waals surface area contributed by atoms with Gasteiger partial charge in [0.2, 0.25) is 5.88 Å². The average Bonchev–Trinajstić information content (AvgIpc) is 3.16. The number of ether oxygens (including phenoxy) is 1. The van der Waals surface area contributed by atoms with E-state index < -0.39 is 23.1 Å². The number of nitrogens with zero attached hydrogens (tertiary/aromatic N) is 3. The number of aromatic hydroxyl groups is 1. The Morgan fingerprint density at radius 2 is 1.90 bits per heavy atom. The fourth-order valence-corrected chi connectivity index (χ4v) is 3.67. The van der Waals surface area contributed by atoms with Crippen molar-refractivity contribution in [3.05, 3.63) is 68.4 Å². The van der Waals surface area contributed by atoms with E-state index in [1.807, 2.05) is 30.3 Å². The van der Waals surface area contributed by atoms with Gasteiger partial charge in [0.1, 0.15) is 10.6 Å². The monoisotopic (exact) mass is 413 g/mol. The molecule has 0 aliphatic rings. The second-order valence-electron chi connectivity index (χ2n) is 6.12. The molecule has 0 aliphatic carbocycles. The molecule has 1 N–H and O–H groups in total. The fraction of sp³-hybridized carbons (Fsp3) is 0.200. The van der Waals surface area contributed by atoms with Gasteiger partial charge in [-0.25, -0.2) is 14.6 Å². The van der Waals surface area contributed by atoms with E-state index in [9.17, 15) is 19.5 Å². The molecule has 0 fully saturated rings. The first-order valence-corrected chi connectivity index (χ1v) is 9.56. The molecule has 8 nitrogen and oxygen atoms in total. The molecule has 29 heavy (non-hydrogen) atoms. The van der Waals surface area contributed by atoms with Gasteiger partial charge in [0.15, 0.2) is 0 Å². The summed E-state index contributed by atoms with van der Waals surface area (Å²) < 4.78 is 6.92. The zero-order chi connectivity index (χ0) is 21.1. The second-order valence-corrected chi connectivity index (χ2v) is 7.15. The first-order chi connectivity index (χ1) is 13.8. The van der Waals surface area contributed by atoms with Gasteiger partial charge in [0.25, 0.3) is 5.56 Å². The van der Waals surface area contributed by atoms with Gasteiger partial charge in [-0.1, -0.05) is 30.3 Å². The molecule has 0 unspecified atom stereocenters. The van der Waals surface area contributed by atoms with Crippen LogP contribution < -0.4 is 11.2 Å². The first kappa shape index (κ1) is 20.3. The summed E-state index contributed by atoms with van der Waals surface area (Å²) in [6, 6.07) is 11.2. The van der Waals surface area contributed by atoms with E-state index in [0.29, 0.717) is 5.00 Å². The minimum atomic E-state index is -0.688. The average molecular weight is 413 g/mol. The lowest BCUT2D eigenvalue weighted by Gasteiger charge is -2.07. The van der Waals surface area contributed by atoms with Gasteiger partial charge in [-0.05, 0) is 18.6 Å². The molecule has 0 radical (unpaired) electrons. The molecule has 0 bridgehead atoms. The van der Waals surface area contributed by atoms with Crippen molar-refractivity contribution in [1.82, 2.24) is 9.13 Å². The van der Waals surface area contributed by atoms with Crippen molar-refractivity contribution in [1.29, 1.82) is 0 Å². The molecule has 0 atom stereocenters. The van der Waals surface area contributed by atoms with Gasteiger partial charge in [0, 0.05) is 25.2 Å². The van der Waals surface area contributed by atoms with Gasteiger partial charge in [-0.15, -0.1) is 11.3 Å². The summed E-state index contributed by atoms with van der Waals surface area (Å²) in [7, 11) is 2.65. The summed E-state index contributed by atoms with van der Waals surface area (Å²) in [5.74, 6) is -1.03. The molecule has 3 rings (SSSR count). The number of aromatic nitrogens is 2. The summed E-state index contributed by atoms with van der Waals surface area (Å²) in [6.07, 6.45) is 1.15. The number of carbonyl (C=O) groups is 1. The Morgan fingerprint density at radius 3 is 2.55 bits per heavy atom. The Hall–Kier alpha value is -3.46. The molecular weight excluding hydrogens is 394 g/mol. The molecule has 3 aromatic rings. The summed E-state index contributed by atoms with van der Waals surface area (Å²) in [4.78, 5) is 41.6. The summed E-state index contributed by atoms with van der Waals surface area (Å²) in [5.41, 5.74) is -0.330. The highest BCUT2D eigenvalue weighted by atomic mass is 32.1. The first-order valence-electron chi connectivity index (χ1n) is 8.74. The van der Waals surface area contributed by atoms with Crippen molar-refractivity contribution in [2.24, 2.45) is 19.1 Å². The van der Waals surface area contributed by atoms with Crippen LogP contribution in [-0.2, 0) is 18.8 Å². The fourth-order valence-electron chi connectivity index (χ4n) is 2.67. The third kappa shape index (κ3) is 3.90. The smallest absolute Gasteiger partial charge is 0.341 e. The number of hydrogen-bond acceptors (Lipinski definition) is 7. The molecule has 0 saturated carbocycles. The van der Waals surface area contributed by atoms with Gasteiger partial charge < -0.3 is 9.84 Å². The van der Waals surface area contributed by atoms with E-state index in [-0.39, 0.29) is 17.7 Å². The second kappa shape index (κ2) is 8.27. The highest BCUT2D eigenvalue weighted by Gasteiger charge is 2.19. The molecule has 9 heteroatoms. The van der Waals surface area contributed by atoms with E-state index >= 15 is 0 Å². The third-order valence-corrected chi connectivity index (χ3v) is 5.34. The number of thiophene rings is 1. The number of rotatable bonds is 5. The van der Waals surface area contributed by atoms with E-state index in [1.165, 1.54) is 25.4 Å². The van der Waals surface area contributed by atoms with Gasteiger partial charge in [0.05, 0.1) is 12.2 Å². The van der Waals surface area contributed by atoms with Gasteiger partial charge in [-0.2, -0.15) is 0 Å². The van der Waals surface area contributed by atoms with Crippen LogP contribution >= 0.6 is 11.3 Å². The summed E-state index contributed by atoms with van der Waals surface area (Å²) >= 11 is 1.25. The Kier molecular flexibility index (Phi) is 5.79. The summed E-state index contributed by atoms with van der Waals surface area (Å²) in [5, 5.41) is 10.5. The zero-order valence-corrected chi connectivity index (χ0v) is 16.9. The maximum Gasteiger partial charge on any atom is 0.341 e. The number of carbonyl (C=O) groups excluding carboxylic acids is 1. The van der Waals surface area contributed by atoms with Crippen LogP contribution in [0.25, 0.3) is 10.4 Å². The molecular formula is C20H19N3O5S. The van der Waals surface area contributed by atoms with Crippen molar-refractivity contribution in [2.75, 3.05) is 6.61 Å². The quantitative estimate of drug-likeness (QED) is 0.511. The Labute approximate surface area is 170 Å². The maximum absolute atomic E-state index is 12.4. The van der Waals surface area contributed by atoms with Crippen LogP contribution in [0.1, 0.15) is 22.8 Å². The molecule has 0 saturated heterocycles. The molecule has 0 amide bonds. The number of benzene rings is 1. The van der Waals surface area contributed by atoms with Crippen LogP contribution in [0.4, 0.5) is 5.00 Å². The highest BCUT2D eigenvalue weighted by Crippen LogP contribution is 2.37. The highest BCUT2D eigenvalue weighted by molar-refractivity contribution is 7.19. The lowest BCUT2D eigenvalue weighted by atomic mass is 10.1. The number of esters is 1. The van der Waals surface area contributed by atoms with Crippen LogP contribution in [0.15, 0.2) is 51.0 Å². The van der Waals surface area contributed by atoms with Crippen LogP contribution in [0.3, 0.4) is 0 Å². The van der Waals surface area contributed by atoms with E-state index in [2.05, 4.69) is 4.99 Å². The van der Waals surface area contributed by atoms with Crippen molar-refractivity contribution >= 4 is 28.5 Å². The van der Waals surface area contributed by atoms with E-state index in [0.717, 1.165) is 25.8 Å². The topological polar surface area (TPSA) is 103 Å². The maximum atomic E-state index is 12.4. The van der Waals surface area contributed by atoms with E-state index in [4.69, 9.17) is 4.74 Å². The Balaban J connectivity index is 2.12. The van der Waals surface area contributed by atoms with Crippen molar-refractivity contribution in [3.8, 4) is 16.3 Å². The molecule has 0 aliphatic heterocycles. The molecule has 1 aromatic carbocycles. The van der Waals surface area contributed by atoms with Crippen LogP contribution in [-0.4, -0.2) is 33.0 Å². The van der Waals surface area contributed by atoms with Crippen LogP contribution in [0, 0.1) is 0 Å².